The average molecular weight is 629 g/mol. The van der Waals surface area contributed by atoms with Crippen LogP contribution < -0.4 is 4.74 Å². The Labute approximate surface area is 264 Å². The van der Waals surface area contributed by atoms with Crippen LogP contribution >= 0.6 is 0 Å². The predicted molar refractivity (Wildman–Crippen MR) is 177 cm³/mol. The van der Waals surface area contributed by atoms with E-state index in [-0.39, 0.29) is 33.6 Å². The second kappa shape index (κ2) is 11.5. The Balaban J connectivity index is 1.81. The summed E-state index contributed by atoms with van der Waals surface area (Å²) in [6.07, 6.45) is 6.77. The molecule has 0 aromatic carbocycles. The summed E-state index contributed by atoms with van der Waals surface area (Å²) in [5, 5.41) is 8.90. The summed E-state index contributed by atoms with van der Waals surface area (Å²) in [5.74, 6) is -0.349. The lowest BCUT2D eigenvalue weighted by Crippen LogP contribution is -2.29. The van der Waals surface area contributed by atoms with Crippen molar-refractivity contribution in [3.8, 4) is 17.1 Å². The molecule has 0 bridgehead atoms. The summed E-state index contributed by atoms with van der Waals surface area (Å²) < 4.78 is 58.1. The molecular weight excluding hydrogens is 594 g/mol. The fourth-order valence-corrected chi connectivity index (χ4v) is 7.06. The maximum atomic E-state index is 15.8. The molecule has 1 atom stereocenters. The van der Waals surface area contributed by atoms with Gasteiger partial charge in [-0.05, 0) is 50.8 Å². The van der Waals surface area contributed by atoms with Crippen molar-refractivity contribution in [1.82, 2.24) is 34.5 Å². The third-order valence-corrected chi connectivity index (χ3v) is 9.30. The van der Waals surface area contributed by atoms with Crippen LogP contribution in [0.3, 0.4) is 0 Å². The molecule has 45 heavy (non-hydrogen) atoms. The topological polar surface area (TPSA) is 127 Å². The number of pyridine rings is 3. The molecule has 6 heterocycles. The van der Waals surface area contributed by atoms with Gasteiger partial charge in [0.15, 0.2) is 9.84 Å². The van der Waals surface area contributed by atoms with E-state index in [9.17, 15) is 8.42 Å². The highest BCUT2D eigenvalue weighted by Crippen LogP contribution is 2.45. The zero-order valence-corrected chi connectivity index (χ0v) is 27.4. The third kappa shape index (κ3) is 5.62. The van der Waals surface area contributed by atoms with Crippen molar-refractivity contribution in [3.05, 3.63) is 54.0 Å². The SMILES string of the molecule is BC(B)(B)c1nnn(C)c1-c1cnc2c3c(OC(C)C)ncc(S(C)(=O)=O)c3n(C(c3ncccc3F)C3CCOCC3)c2c1. The molecule has 5 aromatic rings. The predicted octanol–water partition coefficient (Wildman–Crippen LogP) is 1.13. The Morgan fingerprint density at radius 2 is 1.87 bits per heavy atom. The highest BCUT2D eigenvalue weighted by Gasteiger charge is 2.36. The van der Waals surface area contributed by atoms with Crippen molar-refractivity contribution in [2.45, 2.75) is 48.8 Å². The first kappa shape index (κ1) is 31.2. The maximum absolute atomic E-state index is 15.8. The van der Waals surface area contributed by atoms with E-state index < -0.39 is 21.7 Å². The van der Waals surface area contributed by atoms with Crippen molar-refractivity contribution in [2.75, 3.05) is 19.5 Å². The van der Waals surface area contributed by atoms with Crippen LogP contribution in [0.1, 0.15) is 44.1 Å². The zero-order chi connectivity index (χ0) is 32.3. The first-order chi connectivity index (χ1) is 21.3. The van der Waals surface area contributed by atoms with Gasteiger partial charge in [-0.1, -0.05) is 10.3 Å². The Bertz CT molecular complexity index is 2020. The molecule has 1 aliphatic heterocycles. The molecule has 0 N–H and O–H groups in total. The molecule has 0 amide bonds. The van der Waals surface area contributed by atoms with Gasteiger partial charge in [-0.25, -0.2) is 22.5 Å². The smallest absolute Gasteiger partial charge is 0.225 e. The summed E-state index contributed by atoms with van der Waals surface area (Å²) >= 11 is 0. The van der Waals surface area contributed by atoms with Crippen molar-refractivity contribution in [1.29, 1.82) is 0 Å². The molecule has 11 nitrogen and oxygen atoms in total. The number of rotatable bonds is 8. The Morgan fingerprint density at radius 1 is 1.13 bits per heavy atom. The van der Waals surface area contributed by atoms with Crippen LogP contribution in [-0.2, 0) is 26.7 Å². The Kier molecular flexibility index (Phi) is 8.01. The van der Waals surface area contributed by atoms with Crippen LogP contribution in [0.5, 0.6) is 5.88 Å². The van der Waals surface area contributed by atoms with Crippen LogP contribution in [0.15, 0.2) is 41.7 Å². The molecule has 1 unspecified atom stereocenters. The molecule has 1 aliphatic rings. The average Bonchev–Trinajstić information content (AvgIpc) is 3.52. The van der Waals surface area contributed by atoms with Gasteiger partial charge in [0.2, 0.25) is 5.88 Å². The van der Waals surface area contributed by atoms with E-state index in [2.05, 4.69) is 43.8 Å². The summed E-state index contributed by atoms with van der Waals surface area (Å²) in [4.78, 5) is 14.0. The lowest BCUT2D eigenvalue weighted by atomic mass is 9.41. The van der Waals surface area contributed by atoms with Crippen molar-refractivity contribution >= 4 is 55.3 Å². The first-order valence-corrected chi connectivity index (χ1v) is 16.9. The first-order valence-electron chi connectivity index (χ1n) is 15.1. The molecule has 0 radical (unpaired) electrons. The summed E-state index contributed by atoms with van der Waals surface area (Å²) in [6, 6.07) is 4.20. The van der Waals surface area contributed by atoms with Gasteiger partial charge in [0, 0.05) is 44.5 Å². The Hall–Kier alpha value is -3.78. The molecule has 1 fully saturated rings. The molecule has 0 aliphatic carbocycles. The van der Waals surface area contributed by atoms with Gasteiger partial charge < -0.3 is 14.0 Å². The van der Waals surface area contributed by atoms with Gasteiger partial charge in [-0.2, -0.15) is 0 Å². The number of hydrogen-bond acceptors (Lipinski definition) is 9. The van der Waals surface area contributed by atoms with Crippen LogP contribution in [0.4, 0.5) is 4.39 Å². The minimum Gasteiger partial charge on any atom is -0.474 e. The zero-order valence-electron chi connectivity index (χ0n) is 26.6. The van der Waals surface area contributed by atoms with Gasteiger partial charge >= 0.3 is 0 Å². The monoisotopic (exact) mass is 629 g/mol. The highest BCUT2D eigenvalue weighted by molar-refractivity contribution is 7.91. The van der Waals surface area contributed by atoms with E-state index in [0.717, 1.165) is 23.2 Å². The minimum absolute atomic E-state index is 0.000801. The van der Waals surface area contributed by atoms with Crippen molar-refractivity contribution in [3.63, 3.8) is 0 Å². The minimum atomic E-state index is -3.82. The van der Waals surface area contributed by atoms with Crippen molar-refractivity contribution < 1.29 is 22.3 Å². The van der Waals surface area contributed by atoms with E-state index in [1.165, 1.54) is 12.3 Å². The van der Waals surface area contributed by atoms with Gasteiger partial charge in [-0.3, -0.25) is 9.97 Å². The van der Waals surface area contributed by atoms with Gasteiger partial charge in [0.05, 0.1) is 75.4 Å². The summed E-state index contributed by atoms with van der Waals surface area (Å²) in [7, 11) is 4.20. The van der Waals surface area contributed by atoms with E-state index in [1.807, 2.05) is 31.5 Å². The number of halogens is 1. The third-order valence-electron chi connectivity index (χ3n) is 8.20. The molecule has 16 heteroatoms. The lowest BCUT2D eigenvalue weighted by molar-refractivity contribution is 0.0542. The largest absolute Gasteiger partial charge is 0.474 e. The van der Waals surface area contributed by atoms with Crippen LogP contribution in [-0.4, -0.2) is 92.0 Å². The second-order valence-corrected chi connectivity index (χ2v) is 15.0. The quantitative estimate of drug-likeness (QED) is 0.232. The fourth-order valence-electron chi connectivity index (χ4n) is 6.26. The number of nitrogens with zero attached hydrogens (tertiary/aromatic N) is 7. The molecule has 0 spiro atoms. The molecule has 1 saturated heterocycles. The fraction of sp³-hybridized carbons (Fsp3) is 0.414. The lowest BCUT2D eigenvalue weighted by Gasteiger charge is -2.32. The molecular formula is C29H35B3FN7O4S. The van der Waals surface area contributed by atoms with E-state index in [1.54, 1.807) is 23.1 Å². The van der Waals surface area contributed by atoms with Crippen LogP contribution in [0.25, 0.3) is 33.2 Å². The van der Waals surface area contributed by atoms with Crippen LogP contribution in [0, 0.1) is 11.7 Å². The molecule has 232 valence electrons. The standard InChI is InChI=1S/C29H35B3FN7O4S/c1-15(2)44-28-21-23-19(12-17(13-35-23)25-27(29(30,31)32)37-38-39(25)3)40(26(21)20(14-36-28)45(4,41)42)24(16-7-10-43-11-8-16)22-18(33)6-5-9-34-22/h5-6,9,12-16,24H,7-8,10-11,30-32H2,1-4H3. The summed E-state index contributed by atoms with van der Waals surface area (Å²) in [5.41, 5.74) is 3.95. The number of fused-ring (bicyclic) bond motifs is 3. The molecule has 0 saturated carbocycles. The molecule has 6 rings (SSSR count). The van der Waals surface area contributed by atoms with Crippen molar-refractivity contribution in [2.24, 2.45) is 13.0 Å². The molecule has 5 aromatic heterocycles. The number of aromatic nitrogens is 7. The van der Waals surface area contributed by atoms with E-state index in [4.69, 9.17) is 14.5 Å². The van der Waals surface area contributed by atoms with E-state index >= 15 is 4.39 Å². The highest BCUT2D eigenvalue weighted by atomic mass is 32.2. The van der Waals surface area contributed by atoms with Gasteiger partial charge in [0.1, 0.15) is 16.2 Å². The van der Waals surface area contributed by atoms with Gasteiger partial charge in [-0.15, -0.1) is 5.10 Å². The van der Waals surface area contributed by atoms with E-state index in [0.29, 0.717) is 48.0 Å². The number of hydrogen-bond donors (Lipinski definition) is 0. The number of aryl methyl sites for hydroxylation is 1. The second-order valence-electron chi connectivity index (χ2n) is 13.0. The normalized spacial score (nSPS) is 15.7. The Morgan fingerprint density at radius 3 is 2.51 bits per heavy atom. The van der Waals surface area contributed by atoms with Gasteiger partial charge in [0.25, 0.3) is 0 Å². The maximum Gasteiger partial charge on any atom is 0.225 e. The summed E-state index contributed by atoms with van der Waals surface area (Å²) in [6.45, 7) is 4.74. The number of ether oxygens (including phenoxy) is 2. The van der Waals surface area contributed by atoms with Crippen LogP contribution in [0.2, 0.25) is 0 Å². The number of sulfone groups is 1.